The van der Waals surface area contributed by atoms with Gasteiger partial charge in [0.2, 0.25) is 5.95 Å². The Morgan fingerprint density at radius 2 is 1.51 bits per heavy atom. The molecule has 1 unspecified atom stereocenters. The highest BCUT2D eigenvalue weighted by molar-refractivity contribution is 6.10. The Morgan fingerprint density at radius 1 is 0.698 bits per heavy atom. The van der Waals surface area contributed by atoms with Crippen LogP contribution in [0.25, 0.3) is 79.4 Å². The van der Waals surface area contributed by atoms with Gasteiger partial charge < -0.3 is 4.42 Å². The smallest absolute Gasteiger partial charge is 0.235 e. The first kappa shape index (κ1) is 29.6. The molecule has 3 heterocycles. The van der Waals surface area contributed by atoms with E-state index < -0.39 is 0 Å². The number of rotatable bonds is 3. The lowest BCUT2D eigenvalue weighted by Gasteiger charge is -2.31. The fourth-order valence-corrected chi connectivity index (χ4v) is 10.5. The van der Waals surface area contributed by atoms with Gasteiger partial charge in [-0.3, -0.25) is 4.57 Å². The van der Waals surface area contributed by atoms with Crippen LogP contribution in [0.4, 0.5) is 0 Å². The molecular weight excluding hydrogens is 647 g/mol. The Morgan fingerprint density at radius 3 is 2.43 bits per heavy atom. The van der Waals surface area contributed by atoms with Crippen LogP contribution in [0.2, 0.25) is 0 Å². The van der Waals surface area contributed by atoms with Crippen LogP contribution in [0.3, 0.4) is 0 Å². The summed E-state index contributed by atoms with van der Waals surface area (Å²) in [6, 6.07) is 41.8. The predicted molar refractivity (Wildman–Crippen MR) is 215 cm³/mol. The van der Waals surface area contributed by atoms with E-state index in [0.29, 0.717) is 5.92 Å². The largest absolute Gasteiger partial charge is 0.455 e. The molecule has 1 fully saturated rings. The minimum absolute atomic E-state index is 0.137. The Kier molecular flexibility index (Phi) is 6.14. The van der Waals surface area contributed by atoms with E-state index in [2.05, 4.69) is 132 Å². The van der Waals surface area contributed by atoms with Gasteiger partial charge in [0.05, 0.1) is 16.6 Å². The second kappa shape index (κ2) is 11.0. The Bertz CT molecular complexity index is 2990. The number of aromatic nitrogens is 3. The summed E-state index contributed by atoms with van der Waals surface area (Å²) in [5.74, 6) is 1.11. The van der Waals surface area contributed by atoms with Gasteiger partial charge in [0.1, 0.15) is 11.2 Å². The van der Waals surface area contributed by atoms with Crippen molar-refractivity contribution in [2.75, 3.05) is 0 Å². The van der Waals surface area contributed by atoms with Crippen LogP contribution < -0.4 is 10.6 Å². The Balaban J connectivity index is 1.15. The van der Waals surface area contributed by atoms with Gasteiger partial charge in [-0.25, -0.2) is 9.97 Å². The number of allylic oxidation sites excluding steroid dienone is 1. The SMILES string of the molecule is C1=C2C(Cc3c1c1cc(-c4cccc5c4oc4ccccc45)ccc1n3-c1nc(-c3ccccc3)c3c(n1)=CCCC=3)c1ccccc1C21CCCC1. The van der Waals surface area contributed by atoms with E-state index in [4.69, 9.17) is 14.4 Å². The van der Waals surface area contributed by atoms with Gasteiger partial charge in [0.15, 0.2) is 0 Å². The molecule has 1 saturated carbocycles. The summed E-state index contributed by atoms with van der Waals surface area (Å²) in [6.07, 6.45) is 15.2. The molecule has 0 N–H and O–H groups in total. The molecule has 0 amide bonds. The van der Waals surface area contributed by atoms with Crippen molar-refractivity contribution in [1.29, 1.82) is 0 Å². The van der Waals surface area contributed by atoms with Crippen molar-refractivity contribution in [3.8, 4) is 28.3 Å². The lowest BCUT2D eigenvalue weighted by atomic mass is 9.73. The van der Waals surface area contributed by atoms with Crippen molar-refractivity contribution in [2.45, 2.75) is 56.3 Å². The van der Waals surface area contributed by atoms with Gasteiger partial charge in [0.25, 0.3) is 0 Å². The molecule has 4 nitrogen and oxygen atoms in total. The number of para-hydroxylation sites is 2. The maximum Gasteiger partial charge on any atom is 0.235 e. The van der Waals surface area contributed by atoms with E-state index in [1.54, 1.807) is 11.1 Å². The van der Waals surface area contributed by atoms with Crippen molar-refractivity contribution in [1.82, 2.24) is 14.5 Å². The average Bonchev–Trinajstić information content (AvgIpc) is 3.99. The average molecular weight is 684 g/mol. The molecule has 1 spiro atoms. The highest BCUT2D eigenvalue weighted by Gasteiger charge is 2.50. The second-order valence-electron chi connectivity index (χ2n) is 15.5. The highest BCUT2D eigenvalue weighted by Crippen LogP contribution is 2.61. The number of fused-ring (bicyclic) bond motifs is 12. The number of furan rings is 1. The first-order valence-corrected chi connectivity index (χ1v) is 19.3. The third kappa shape index (κ3) is 4.12. The third-order valence-corrected chi connectivity index (χ3v) is 12.8. The van der Waals surface area contributed by atoms with E-state index in [0.717, 1.165) is 85.6 Å². The molecule has 8 aromatic rings. The normalized spacial score (nSPS) is 18.0. The molecule has 4 heteroatoms. The van der Waals surface area contributed by atoms with Gasteiger partial charge in [-0.15, -0.1) is 0 Å². The summed E-state index contributed by atoms with van der Waals surface area (Å²) >= 11 is 0. The van der Waals surface area contributed by atoms with Gasteiger partial charge >= 0.3 is 0 Å². The number of benzene rings is 5. The summed E-state index contributed by atoms with van der Waals surface area (Å²) in [4.78, 5) is 10.8. The third-order valence-electron chi connectivity index (χ3n) is 12.8. The zero-order chi connectivity index (χ0) is 34.7. The maximum absolute atomic E-state index is 6.56. The lowest BCUT2D eigenvalue weighted by Crippen LogP contribution is -2.35. The standard InChI is InChI=1S/C49H37N3O/c1-2-13-30(14-3-1)46-36-17-5-8-21-42(36)50-48(51-46)52-43-24-23-31(32-18-12-19-35-34-16-6-9-22-45(34)53-47(32)35)27-38(43)39-28-41-37(29-44(39)52)33-15-4-7-20-40(33)49(41)25-10-11-26-49/h1-4,6-7,9,12-24,27-28,37H,5,8,10-11,25-26,29H2. The van der Waals surface area contributed by atoms with Crippen LogP contribution in [0.5, 0.6) is 0 Å². The van der Waals surface area contributed by atoms with Gasteiger partial charge in [-0.1, -0.05) is 134 Å². The zero-order valence-corrected chi connectivity index (χ0v) is 29.5. The Hall–Kier alpha value is -6.00. The quantitative estimate of drug-likeness (QED) is 0.186. The van der Waals surface area contributed by atoms with Crippen molar-refractivity contribution in [2.24, 2.45) is 0 Å². The molecule has 0 aliphatic heterocycles. The minimum Gasteiger partial charge on any atom is -0.455 e. The summed E-state index contributed by atoms with van der Waals surface area (Å²) in [6.45, 7) is 0. The summed E-state index contributed by atoms with van der Waals surface area (Å²) in [5.41, 5.74) is 14.9. The maximum atomic E-state index is 6.56. The molecule has 254 valence electrons. The molecule has 0 saturated heterocycles. The zero-order valence-electron chi connectivity index (χ0n) is 29.5. The molecule has 0 bridgehead atoms. The molecule has 3 aromatic heterocycles. The van der Waals surface area contributed by atoms with Crippen LogP contribution >= 0.6 is 0 Å². The highest BCUT2D eigenvalue weighted by atomic mass is 16.3. The van der Waals surface area contributed by atoms with E-state index in [-0.39, 0.29) is 5.41 Å². The minimum atomic E-state index is 0.137. The Labute approximate surface area is 307 Å². The van der Waals surface area contributed by atoms with Crippen LogP contribution in [0.1, 0.15) is 66.8 Å². The summed E-state index contributed by atoms with van der Waals surface area (Å²) in [5, 5.41) is 5.73. The molecule has 12 rings (SSSR count). The molecule has 0 radical (unpaired) electrons. The second-order valence-corrected chi connectivity index (χ2v) is 15.5. The van der Waals surface area contributed by atoms with Crippen LogP contribution in [0, 0.1) is 0 Å². The van der Waals surface area contributed by atoms with Crippen LogP contribution in [-0.4, -0.2) is 14.5 Å². The molecule has 1 atom stereocenters. The lowest BCUT2D eigenvalue weighted by molar-refractivity contribution is 0.521. The van der Waals surface area contributed by atoms with E-state index in [9.17, 15) is 0 Å². The molecule has 5 aromatic carbocycles. The monoisotopic (exact) mass is 683 g/mol. The van der Waals surface area contributed by atoms with E-state index in [1.165, 1.54) is 47.9 Å². The van der Waals surface area contributed by atoms with Crippen LogP contribution in [0.15, 0.2) is 125 Å². The van der Waals surface area contributed by atoms with Crippen molar-refractivity contribution in [3.63, 3.8) is 0 Å². The molecular formula is C49H37N3O. The number of hydrogen-bond donors (Lipinski definition) is 0. The summed E-state index contributed by atoms with van der Waals surface area (Å²) < 4.78 is 8.96. The van der Waals surface area contributed by atoms with Crippen molar-refractivity contribution < 1.29 is 4.42 Å². The fraction of sp³-hybridized carbons (Fsp3) is 0.184. The van der Waals surface area contributed by atoms with Crippen molar-refractivity contribution >= 4 is 51.1 Å². The fourth-order valence-electron chi connectivity index (χ4n) is 10.5. The van der Waals surface area contributed by atoms with Crippen LogP contribution in [-0.2, 0) is 11.8 Å². The van der Waals surface area contributed by atoms with Gasteiger partial charge in [-0.2, -0.15) is 0 Å². The molecule has 4 aliphatic carbocycles. The number of hydrogen-bond acceptors (Lipinski definition) is 3. The van der Waals surface area contributed by atoms with Gasteiger partial charge in [0, 0.05) is 55.1 Å². The first-order valence-electron chi connectivity index (χ1n) is 19.3. The first-order chi connectivity index (χ1) is 26.2. The molecule has 4 aliphatic rings. The number of nitrogens with zero attached hydrogens (tertiary/aromatic N) is 3. The van der Waals surface area contributed by atoms with Crippen molar-refractivity contribution in [3.05, 3.63) is 154 Å². The predicted octanol–water partition coefficient (Wildman–Crippen LogP) is 10.6. The topological polar surface area (TPSA) is 43.9 Å². The molecule has 53 heavy (non-hydrogen) atoms. The van der Waals surface area contributed by atoms with E-state index >= 15 is 0 Å². The summed E-state index contributed by atoms with van der Waals surface area (Å²) in [7, 11) is 0. The van der Waals surface area contributed by atoms with E-state index in [1.807, 2.05) is 6.07 Å². The van der Waals surface area contributed by atoms with Gasteiger partial charge in [-0.05, 0) is 67.0 Å².